The average molecular weight is 372 g/mol. The molecule has 1 saturated heterocycles. The maximum Gasteiger partial charge on any atom is 0.161 e. The molecule has 0 radical (unpaired) electrons. The molecule has 2 aromatic heterocycles. The summed E-state index contributed by atoms with van der Waals surface area (Å²) in [6, 6.07) is 14.2. The van der Waals surface area contributed by atoms with Crippen molar-refractivity contribution in [3.63, 3.8) is 0 Å². The third kappa shape index (κ3) is 3.27. The molecule has 2 atom stereocenters. The lowest BCUT2D eigenvalue weighted by atomic mass is 9.97. The summed E-state index contributed by atoms with van der Waals surface area (Å²) >= 11 is 0. The van der Waals surface area contributed by atoms with Crippen molar-refractivity contribution in [2.45, 2.75) is 31.8 Å². The third-order valence-corrected chi connectivity index (χ3v) is 5.90. The van der Waals surface area contributed by atoms with Gasteiger partial charge < -0.3 is 10.0 Å². The highest BCUT2D eigenvalue weighted by Crippen LogP contribution is 2.34. The van der Waals surface area contributed by atoms with Gasteiger partial charge >= 0.3 is 0 Å². The molecular weight excluding hydrogens is 348 g/mol. The topological polar surface area (TPSA) is 62.1 Å². The summed E-state index contributed by atoms with van der Waals surface area (Å²) in [4.78, 5) is 16.2. The van der Waals surface area contributed by atoms with Gasteiger partial charge in [0, 0.05) is 48.2 Å². The van der Waals surface area contributed by atoms with Crippen LogP contribution in [-0.2, 0) is 19.3 Å². The second-order valence-corrected chi connectivity index (χ2v) is 7.81. The van der Waals surface area contributed by atoms with Gasteiger partial charge in [-0.3, -0.25) is 4.98 Å². The monoisotopic (exact) mass is 372 g/mol. The quantitative estimate of drug-likeness (QED) is 0.763. The number of fused-ring (bicyclic) bond motifs is 1. The number of β-amino-alcohol motifs (C(OH)–C–C–N with tert-alkyl or cyclic N) is 1. The van der Waals surface area contributed by atoms with Gasteiger partial charge in [-0.05, 0) is 43.4 Å². The highest BCUT2D eigenvalue weighted by atomic mass is 16.3. The maximum atomic E-state index is 10.7. The molecule has 142 valence electrons. The molecule has 0 amide bonds. The van der Waals surface area contributed by atoms with Crippen molar-refractivity contribution in [2.75, 3.05) is 18.0 Å². The molecule has 0 spiro atoms. The van der Waals surface area contributed by atoms with E-state index in [4.69, 9.17) is 9.97 Å². The second kappa shape index (κ2) is 7.32. The van der Waals surface area contributed by atoms with Crippen molar-refractivity contribution >= 4 is 5.82 Å². The zero-order chi connectivity index (χ0) is 18.9. The van der Waals surface area contributed by atoms with Gasteiger partial charge in [-0.2, -0.15) is 0 Å². The minimum Gasteiger partial charge on any atom is -0.391 e. The molecule has 1 aliphatic carbocycles. The van der Waals surface area contributed by atoms with Crippen LogP contribution in [0.3, 0.4) is 0 Å². The molecule has 0 bridgehead atoms. The lowest BCUT2D eigenvalue weighted by molar-refractivity contribution is 0.148. The normalized spacial score (nSPS) is 21.1. The van der Waals surface area contributed by atoms with Crippen molar-refractivity contribution in [2.24, 2.45) is 5.92 Å². The Morgan fingerprint density at radius 1 is 0.964 bits per heavy atom. The molecule has 1 aromatic carbocycles. The second-order valence-electron chi connectivity index (χ2n) is 7.81. The number of benzene rings is 1. The Morgan fingerprint density at radius 3 is 2.61 bits per heavy atom. The van der Waals surface area contributed by atoms with E-state index in [-0.39, 0.29) is 12.0 Å². The summed E-state index contributed by atoms with van der Waals surface area (Å²) in [5.41, 5.74) is 4.72. The Bertz CT molecular complexity index is 961. The first-order valence-corrected chi connectivity index (χ1v) is 10.0. The van der Waals surface area contributed by atoms with Gasteiger partial charge in [0.25, 0.3) is 0 Å². The molecule has 1 aliphatic heterocycles. The van der Waals surface area contributed by atoms with Crippen molar-refractivity contribution in [3.05, 3.63) is 71.7 Å². The van der Waals surface area contributed by atoms with Crippen LogP contribution in [0.2, 0.25) is 0 Å². The zero-order valence-electron chi connectivity index (χ0n) is 15.8. The summed E-state index contributed by atoms with van der Waals surface area (Å²) < 4.78 is 0. The molecule has 5 nitrogen and oxygen atoms in total. The number of aryl methyl sites for hydroxylation is 1. The molecule has 0 unspecified atom stereocenters. The van der Waals surface area contributed by atoms with E-state index < -0.39 is 0 Å². The number of aromatic nitrogens is 3. The van der Waals surface area contributed by atoms with Gasteiger partial charge in [-0.25, -0.2) is 9.97 Å². The molecule has 0 saturated carbocycles. The van der Waals surface area contributed by atoms with Gasteiger partial charge in [-0.1, -0.05) is 30.3 Å². The average Bonchev–Trinajstić information content (AvgIpc) is 3.35. The maximum absolute atomic E-state index is 10.7. The number of nitrogens with zero attached hydrogens (tertiary/aromatic N) is 4. The zero-order valence-corrected chi connectivity index (χ0v) is 15.8. The predicted octanol–water partition coefficient (Wildman–Crippen LogP) is 3.07. The Labute approximate surface area is 165 Å². The molecular formula is C23H24N4O. The highest BCUT2D eigenvalue weighted by Gasteiger charge is 2.34. The van der Waals surface area contributed by atoms with Gasteiger partial charge in [-0.15, -0.1) is 0 Å². The Hall–Kier alpha value is -2.79. The van der Waals surface area contributed by atoms with E-state index in [1.165, 1.54) is 16.8 Å². The van der Waals surface area contributed by atoms with E-state index in [9.17, 15) is 5.11 Å². The number of aliphatic hydroxyl groups is 1. The molecule has 2 aliphatic rings. The van der Waals surface area contributed by atoms with Crippen molar-refractivity contribution in [3.8, 4) is 11.4 Å². The number of rotatable bonds is 4. The number of hydrogen-bond donors (Lipinski definition) is 1. The Morgan fingerprint density at radius 2 is 1.79 bits per heavy atom. The third-order valence-electron chi connectivity index (χ3n) is 5.90. The fourth-order valence-corrected chi connectivity index (χ4v) is 4.44. The van der Waals surface area contributed by atoms with E-state index in [0.717, 1.165) is 49.4 Å². The van der Waals surface area contributed by atoms with Gasteiger partial charge in [0.2, 0.25) is 0 Å². The molecule has 1 fully saturated rings. The van der Waals surface area contributed by atoms with Gasteiger partial charge in [0.1, 0.15) is 5.82 Å². The SMILES string of the molecule is O[C@@H]1CN(c2nc(-c3ccccc3)nc3c2CCC3)C[C@H]1Cc1ccncc1. The predicted molar refractivity (Wildman–Crippen MR) is 109 cm³/mol. The van der Waals surface area contributed by atoms with Crippen LogP contribution in [0.15, 0.2) is 54.9 Å². The molecule has 28 heavy (non-hydrogen) atoms. The smallest absolute Gasteiger partial charge is 0.161 e. The summed E-state index contributed by atoms with van der Waals surface area (Å²) in [5, 5.41) is 10.7. The fraction of sp³-hybridized carbons (Fsp3) is 0.348. The van der Waals surface area contributed by atoms with Crippen LogP contribution >= 0.6 is 0 Å². The van der Waals surface area contributed by atoms with Crippen LogP contribution < -0.4 is 4.90 Å². The van der Waals surface area contributed by atoms with Crippen LogP contribution in [0.4, 0.5) is 5.82 Å². The number of aliphatic hydroxyl groups excluding tert-OH is 1. The number of anilines is 1. The molecule has 5 heteroatoms. The first-order chi connectivity index (χ1) is 13.8. The van der Waals surface area contributed by atoms with Crippen molar-refractivity contribution in [1.82, 2.24) is 15.0 Å². The first-order valence-electron chi connectivity index (χ1n) is 10.0. The van der Waals surface area contributed by atoms with E-state index in [0.29, 0.717) is 6.54 Å². The summed E-state index contributed by atoms with van der Waals surface area (Å²) in [6.45, 7) is 1.45. The van der Waals surface area contributed by atoms with Crippen molar-refractivity contribution in [1.29, 1.82) is 0 Å². The minimum absolute atomic E-state index is 0.203. The fourth-order valence-electron chi connectivity index (χ4n) is 4.44. The van der Waals surface area contributed by atoms with Gasteiger partial charge in [0.05, 0.1) is 6.10 Å². The summed E-state index contributed by atoms with van der Waals surface area (Å²) in [6.07, 6.45) is 7.32. The van der Waals surface area contributed by atoms with E-state index in [1.807, 2.05) is 42.7 Å². The van der Waals surface area contributed by atoms with Crippen LogP contribution in [0.1, 0.15) is 23.2 Å². The number of pyridine rings is 1. The van der Waals surface area contributed by atoms with Crippen LogP contribution in [0.25, 0.3) is 11.4 Å². The Kier molecular flexibility index (Phi) is 4.53. The van der Waals surface area contributed by atoms with Crippen LogP contribution in [0, 0.1) is 5.92 Å². The van der Waals surface area contributed by atoms with Crippen molar-refractivity contribution < 1.29 is 5.11 Å². The number of hydrogen-bond acceptors (Lipinski definition) is 5. The largest absolute Gasteiger partial charge is 0.391 e. The highest BCUT2D eigenvalue weighted by molar-refractivity contribution is 5.62. The lowest BCUT2D eigenvalue weighted by Crippen LogP contribution is -2.24. The summed E-state index contributed by atoms with van der Waals surface area (Å²) in [5.74, 6) is 2.02. The first kappa shape index (κ1) is 17.3. The van der Waals surface area contributed by atoms with Crippen LogP contribution in [0.5, 0.6) is 0 Å². The van der Waals surface area contributed by atoms with E-state index >= 15 is 0 Å². The summed E-state index contributed by atoms with van der Waals surface area (Å²) in [7, 11) is 0. The molecule has 3 aromatic rings. The lowest BCUT2D eigenvalue weighted by Gasteiger charge is -2.21. The van der Waals surface area contributed by atoms with E-state index in [2.05, 4.69) is 22.0 Å². The molecule has 3 heterocycles. The minimum atomic E-state index is -0.347. The van der Waals surface area contributed by atoms with E-state index in [1.54, 1.807) is 0 Å². The standard InChI is InChI=1S/C23H24N4O/c28-21-15-27(14-18(21)13-16-9-11-24-12-10-16)23-19-7-4-8-20(19)25-22(26-23)17-5-2-1-3-6-17/h1-3,5-6,9-12,18,21,28H,4,7-8,13-15H2/t18-,21-/m1/s1. The van der Waals surface area contributed by atoms with Gasteiger partial charge in [0.15, 0.2) is 5.82 Å². The molecule has 5 rings (SSSR count). The molecule has 1 N–H and O–H groups in total. The van der Waals surface area contributed by atoms with Crippen LogP contribution in [-0.4, -0.2) is 39.3 Å². The Balaban J connectivity index is 1.45.